The summed E-state index contributed by atoms with van der Waals surface area (Å²) in [6, 6.07) is 14.3. The van der Waals surface area contributed by atoms with E-state index in [1.807, 2.05) is 30.3 Å². The molecule has 7 heteroatoms. The van der Waals surface area contributed by atoms with Gasteiger partial charge in [0.25, 0.3) is 5.91 Å². The Hall–Kier alpha value is -2.83. The van der Waals surface area contributed by atoms with Crippen LogP contribution in [-0.4, -0.2) is 47.8 Å². The van der Waals surface area contributed by atoms with Gasteiger partial charge in [-0.1, -0.05) is 42.8 Å². The molecule has 1 heterocycles. The molecule has 2 aromatic rings. The van der Waals surface area contributed by atoms with Crippen molar-refractivity contribution in [3.63, 3.8) is 0 Å². The third kappa shape index (κ3) is 3.68. The van der Waals surface area contributed by atoms with E-state index in [0.29, 0.717) is 26.2 Å². The zero-order valence-electron chi connectivity index (χ0n) is 16.5. The van der Waals surface area contributed by atoms with Crippen molar-refractivity contribution in [1.82, 2.24) is 9.80 Å². The third-order valence-electron chi connectivity index (χ3n) is 6.23. The van der Waals surface area contributed by atoms with Crippen molar-refractivity contribution in [1.29, 1.82) is 0 Å². The molecule has 2 aromatic carbocycles. The summed E-state index contributed by atoms with van der Waals surface area (Å²) in [5.74, 6) is -0.347. The van der Waals surface area contributed by atoms with Crippen LogP contribution < -0.4 is 0 Å². The summed E-state index contributed by atoms with van der Waals surface area (Å²) >= 11 is 0. The number of carbonyl (C=O) groups is 2. The monoisotopic (exact) mass is 416 g/mol. The fourth-order valence-electron chi connectivity index (χ4n) is 4.34. The van der Waals surface area contributed by atoms with Crippen LogP contribution in [0.15, 0.2) is 54.6 Å². The normalized spacial score (nSPS) is 18.6. The van der Waals surface area contributed by atoms with Crippen molar-refractivity contribution in [2.75, 3.05) is 26.2 Å². The molecule has 0 spiro atoms. The van der Waals surface area contributed by atoms with Crippen LogP contribution in [0.5, 0.6) is 0 Å². The van der Waals surface area contributed by atoms with Gasteiger partial charge in [-0.25, -0.2) is 0 Å². The summed E-state index contributed by atoms with van der Waals surface area (Å²) in [5, 5.41) is 0. The summed E-state index contributed by atoms with van der Waals surface area (Å²) in [4.78, 5) is 29.3. The van der Waals surface area contributed by atoms with Gasteiger partial charge in [0.05, 0.1) is 11.0 Å². The van der Waals surface area contributed by atoms with Gasteiger partial charge in [-0.2, -0.15) is 13.2 Å². The Morgan fingerprint density at radius 2 is 1.47 bits per heavy atom. The van der Waals surface area contributed by atoms with Crippen molar-refractivity contribution in [3.05, 3.63) is 71.3 Å². The van der Waals surface area contributed by atoms with E-state index in [2.05, 4.69) is 0 Å². The number of piperazine rings is 1. The van der Waals surface area contributed by atoms with Gasteiger partial charge in [0.15, 0.2) is 0 Å². The molecule has 0 aromatic heterocycles. The van der Waals surface area contributed by atoms with Gasteiger partial charge in [-0.05, 0) is 36.6 Å². The molecule has 4 rings (SSSR count). The van der Waals surface area contributed by atoms with Crippen LogP contribution in [0.1, 0.15) is 40.7 Å². The first kappa shape index (κ1) is 20.4. The van der Waals surface area contributed by atoms with Gasteiger partial charge >= 0.3 is 6.18 Å². The minimum Gasteiger partial charge on any atom is -0.338 e. The number of halogens is 3. The molecule has 2 aliphatic rings. The Morgan fingerprint density at radius 3 is 2.03 bits per heavy atom. The molecule has 0 N–H and O–H groups in total. The van der Waals surface area contributed by atoms with Gasteiger partial charge in [-0.15, -0.1) is 0 Å². The number of alkyl halides is 3. The molecule has 1 saturated heterocycles. The van der Waals surface area contributed by atoms with Gasteiger partial charge in [0, 0.05) is 31.7 Å². The minimum atomic E-state index is -4.49. The third-order valence-corrected chi connectivity index (χ3v) is 6.23. The lowest BCUT2D eigenvalue weighted by molar-refractivity contribution is -0.142. The SMILES string of the molecule is O=C(c1cccc(C(F)(F)F)c1)N1CCN(C(=O)C2(c3ccccc3)CCC2)CC1. The number of carbonyl (C=O) groups excluding carboxylic acids is 2. The van der Waals surface area contributed by atoms with Crippen LogP contribution in [-0.2, 0) is 16.4 Å². The maximum atomic E-state index is 13.3. The fourth-order valence-corrected chi connectivity index (χ4v) is 4.34. The molecule has 0 atom stereocenters. The molecule has 30 heavy (non-hydrogen) atoms. The topological polar surface area (TPSA) is 40.6 Å². The maximum Gasteiger partial charge on any atom is 0.416 e. The van der Waals surface area contributed by atoms with Crippen LogP contribution in [0.4, 0.5) is 13.2 Å². The lowest BCUT2D eigenvalue weighted by atomic mass is 9.63. The van der Waals surface area contributed by atoms with Gasteiger partial charge < -0.3 is 9.80 Å². The highest BCUT2D eigenvalue weighted by Crippen LogP contribution is 2.45. The van der Waals surface area contributed by atoms with Gasteiger partial charge in [0.2, 0.25) is 5.91 Å². The summed E-state index contributed by atoms with van der Waals surface area (Å²) in [5.41, 5.74) is -0.265. The van der Waals surface area contributed by atoms with Crippen molar-refractivity contribution in [2.45, 2.75) is 30.9 Å². The Kier molecular flexibility index (Phi) is 5.30. The average Bonchev–Trinajstić information content (AvgIpc) is 2.73. The van der Waals surface area contributed by atoms with E-state index in [4.69, 9.17) is 0 Å². The second-order valence-corrected chi connectivity index (χ2v) is 7.96. The van der Waals surface area contributed by atoms with Crippen molar-refractivity contribution in [2.24, 2.45) is 0 Å². The predicted octanol–water partition coefficient (Wildman–Crippen LogP) is 4.11. The zero-order valence-corrected chi connectivity index (χ0v) is 16.5. The second kappa shape index (κ2) is 7.78. The first-order chi connectivity index (χ1) is 14.3. The number of nitrogens with zero attached hydrogens (tertiary/aromatic N) is 2. The van der Waals surface area contributed by atoms with Crippen molar-refractivity contribution in [3.8, 4) is 0 Å². The highest BCUT2D eigenvalue weighted by Gasteiger charge is 2.48. The highest BCUT2D eigenvalue weighted by atomic mass is 19.4. The lowest BCUT2D eigenvalue weighted by Gasteiger charge is -2.46. The molecule has 0 radical (unpaired) electrons. The van der Waals surface area contributed by atoms with Gasteiger partial charge in [-0.3, -0.25) is 9.59 Å². The molecule has 0 bridgehead atoms. The summed E-state index contributed by atoms with van der Waals surface area (Å²) in [7, 11) is 0. The van der Waals surface area contributed by atoms with Gasteiger partial charge in [0.1, 0.15) is 0 Å². The number of hydrogen-bond donors (Lipinski definition) is 0. The van der Waals surface area contributed by atoms with E-state index in [1.54, 1.807) is 4.90 Å². The Balaban J connectivity index is 1.43. The fraction of sp³-hybridized carbons (Fsp3) is 0.391. The van der Waals surface area contributed by atoms with E-state index in [-0.39, 0.29) is 11.5 Å². The van der Waals surface area contributed by atoms with E-state index in [1.165, 1.54) is 17.0 Å². The van der Waals surface area contributed by atoms with E-state index >= 15 is 0 Å². The summed E-state index contributed by atoms with van der Waals surface area (Å²) in [6.07, 6.45) is -1.84. The molecule has 2 amide bonds. The molecule has 4 nitrogen and oxygen atoms in total. The number of benzene rings is 2. The highest BCUT2D eigenvalue weighted by molar-refractivity contribution is 5.95. The van der Waals surface area contributed by atoms with E-state index in [0.717, 1.165) is 37.0 Å². The van der Waals surface area contributed by atoms with Crippen LogP contribution in [0.25, 0.3) is 0 Å². The first-order valence-corrected chi connectivity index (χ1v) is 10.1. The Labute approximate surface area is 173 Å². The maximum absolute atomic E-state index is 13.3. The van der Waals surface area contributed by atoms with E-state index < -0.39 is 23.1 Å². The molecule has 0 unspecified atom stereocenters. The minimum absolute atomic E-state index is 0.0179. The van der Waals surface area contributed by atoms with Crippen molar-refractivity contribution >= 4 is 11.8 Å². The first-order valence-electron chi connectivity index (χ1n) is 10.1. The zero-order chi connectivity index (χ0) is 21.4. The quantitative estimate of drug-likeness (QED) is 0.756. The summed E-state index contributed by atoms with van der Waals surface area (Å²) < 4.78 is 38.8. The van der Waals surface area contributed by atoms with Crippen LogP contribution >= 0.6 is 0 Å². The molecule has 158 valence electrons. The predicted molar refractivity (Wildman–Crippen MR) is 106 cm³/mol. The number of amides is 2. The Bertz CT molecular complexity index is 931. The number of hydrogen-bond acceptors (Lipinski definition) is 2. The molecule has 1 aliphatic carbocycles. The smallest absolute Gasteiger partial charge is 0.338 e. The second-order valence-electron chi connectivity index (χ2n) is 7.96. The van der Waals surface area contributed by atoms with Crippen LogP contribution in [0.3, 0.4) is 0 Å². The van der Waals surface area contributed by atoms with Crippen LogP contribution in [0, 0.1) is 0 Å². The molecule has 2 fully saturated rings. The summed E-state index contributed by atoms with van der Waals surface area (Å²) in [6.45, 7) is 1.40. The molecular formula is C23H23F3N2O2. The molecule has 1 aliphatic heterocycles. The Morgan fingerprint density at radius 1 is 0.833 bits per heavy atom. The standard InChI is InChI=1S/C23H23F3N2O2/c24-23(25,26)19-9-4-6-17(16-19)20(29)27-12-14-28(15-13-27)21(30)22(10-5-11-22)18-7-2-1-3-8-18/h1-4,6-9,16H,5,10-15H2. The number of rotatable bonds is 3. The molecule has 1 saturated carbocycles. The van der Waals surface area contributed by atoms with Crippen LogP contribution in [0.2, 0.25) is 0 Å². The average molecular weight is 416 g/mol. The van der Waals surface area contributed by atoms with Crippen molar-refractivity contribution < 1.29 is 22.8 Å². The lowest BCUT2D eigenvalue weighted by Crippen LogP contribution is -2.57. The van der Waals surface area contributed by atoms with E-state index in [9.17, 15) is 22.8 Å². The molecular weight excluding hydrogens is 393 g/mol. The largest absolute Gasteiger partial charge is 0.416 e.